The fraction of sp³-hybridized carbons (Fsp3) is 0.385. The molecule has 0 unspecified atom stereocenters. The van der Waals surface area contributed by atoms with Gasteiger partial charge in [0, 0.05) is 18.7 Å². The van der Waals surface area contributed by atoms with E-state index in [9.17, 15) is 9.59 Å². The first-order valence-electron chi connectivity index (χ1n) is 5.75. The Morgan fingerprint density at radius 2 is 2.18 bits per heavy atom. The SMILES string of the molecule is CCOC(=O)CCN1Cc2ccccc2C1=O. The van der Waals surface area contributed by atoms with Gasteiger partial charge in [-0.3, -0.25) is 9.59 Å². The van der Waals surface area contributed by atoms with Gasteiger partial charge >= 0.3 is 5.97 Å². The van der Waals surface area contributed by atoms with E-state index in [1.165, 1.54) is 0 Å². The van der Waals surface area contributed by atoms with Crippen molar-refractivity contribution in [1.82, 2.24) is 4.90 Å². The van der Waals surface area contributed by atoms with Crippen molar-refractivity contribution >= 4 is 11.9 Å². The van der Waals surface area contributed by atoms with Crippen LogP contribution in [-0.2, 0) is 16.1 Å². The molecule has 1 amide bonds. The Labute approximate surface area is 100 Å². The molecule has 1 aromatic carbocycles. The Morgan fingerprint density at radius 1 is 1.41 bits per heavy atom. The zero-order valence-electron chi connectivity index (χ0n) is 9.81. The molecule has 0 saturated heterocycles. The largest absolute Gasteiger partial charge is 0.466 e. The number of benzene rings is 1. The molecule has 0 atom stereocenters. The van der Waals surface area contributed by atoms with Crippen LogP contribution in [-0.4, -0.2) is 29.9 Å². The summed E-state index contributed by atoms with van der Waals surface area (Å²) < 4.78 is 4.84. The normalized spacial score (nSPS) is 13.7. The molecular weight excluding hydrogens is 218 g/mol. The molecule has 4 heteroatoms. The van der Waals surface area contributed by atoms with Gasteiger partial charge in [-0.15, -0.1) is 0 Å². The predicted octanol–water partition coefficient (Wildman–Crippen LogP) is 1.60. The topological polar surface area (TPSA) is 46.6 Å². The molecule has 1 heterocycles. The predicted molar refractivity (Wildman–Crippen MR) is 62.4 cm³/mol. The van der Waals surface area contributed by atoms with Crippen molar-refractivity contribution in [2.24, 2.45) is 0 Å². The van der Waals surface area contributed by atoms with E-state index in [1.807, 2.05) is 24.3 Å². The second kappa shape index (κ2) is 4.99. The molecule has 0 aliphatic carbocycles. The summed E-state index contributed by atoms with van der Waals surface area (Å²) in [5.74, 6) is -0.249. The molecule has 0 bridgehead atoms. The second-order valence-electron chi connectivity index (χ2n) is 3.94. The van der Waals surface area contributed by atoms with E-state index in [2.05, 4.69) is 0 Å². The Hall–Kier alpha value is -1.84. The quantitative estimate of drug-likeness (QED) is 0.742. The van der Waals surface area contributed by atoms with Crippen molar-refractivity contribution in [2.75, 3.05) is 13.2 Å². The van der Waals surface area contributed by atoms with Crippen LogP contribution in [0.1, 0.15) is 29.3 Å². The molecule has 0 radical (unpaired) electrons. The third-order valence-electron chi connectivity index (χ3n) is 2.79. The lowest BCUT2D eigenvalue weighted by atomic mass is 10.1. The standard InChI is InChI=1S/C13H15NO3/c1-2-17-12(15)7-8-14-9-10-5-3-4-6-11(10)13(14)16/h3-6H,2,7-9H2,1H3. The van der Waals surface area contributed by atoms with E-state index in [0.29, 0.717) is 19.7 Å². The van der Waals surface area contributed by atoms with Gasteiger partial charge in [0.05, 0.1) is 13.0 Å². The highest BCUT2D eigenvalue weighted by molar-refractivity contribution is 5.98. The summed E-state index contributed by atoms with van der Waals surface area (Å²) in [6.45, 7) is 3.17. The number of hydrogen-bond acceptors (Lipinski definition) is 3. The van der Waals surface area contributed by atoms with Crippen molar-refractivity contribution < 1.29 is 14.3 Å². The highest BCUT2D eigenvalue weighted by Crippen LogP contribution is 2.22. The Kier molecular flexibility index (Phi) is 3.42. The Morgan fingerprint density at radius 3 is 2.88 bits per heavy atom. The van der Waals surface area contributed by atoms with Crippen LogP contribution in [0.3, 0.4) is 0 Å². The van der Waals surface area contributed by atoms with Crippen molar-refractivity contribution in [3.8, 4) is 0 Å². The van der Waals surface area contributed by atoms with E-state index < -0.39 is 0 Å². The Balaban J connectivity index is 1.94. The first-order chi connectivity index (χ1) is 8.22. The number of carbonyl (C=O) groups is 2. The van der Waals surface area contributed by atoms with Crippen molar-refractivity contribution in [1.29, 1.82) is 0 Å². The lowest BCUT2D eigenvalue weighted by molar-refractivity contribution is -0.143. The monoisotopic (exact) mass is 233 g/mol. The lowest BCUT2D eigenvalue weighted by Gasteiger charge is -2.14. The van der Waals surface area contributed by atoms with E-state index in [0.717, 1.165) is 11.1 Å². The summed E-state index contributed by atoms with van der Waals surface area (Å²) in [5.41, 5.74) is 1.78. The molecule has 2 rings (SSSR count). The van der Waals surface area contributed by atoms with Crippen LogP contribution >= 0.6 is 0 Å². The van der Waals surface area contributed by atoms with Gasteiger partial charge in [0.1, 0.15) is 0 Å². The molecule has 4 nitrogen and oxygen atoms in total. The summed E-state index contributed by atoms with van der Waals surface area (Å²) in [6, 6.07) is 7.53. The first kappa shape index (κ1) is 11.6. The highest BCUT2D eigenvalue weighted by Gasteiger charge is 2.26. The van der Waals surface area contributed by atoms with Gasteiger partial charge in [-0.2, -0.15) is 0 Å². The maximum Gasteiger partial charge on any atom is 0.307 e. The molecule has 0 saturated carbocycles. The number of amides is 1. The third-order valence-corrected chi connectivity index (χ3v) is 2.79. The van der Waals surface area contributed by atoms with Gasteiger partial charge in [-0.25, -0.2) is 0 Å². The van der Waals surface area contributed by atoms with Gasteiger partial charge < -0.3 is 9.64 Å². The summed E-state index contributed by atoms with van der Waals surface area (Å²) in [6.07, 6.45) is 0.258. The van der Waals surface area contributed by atoms with Gasteiger partial charge in [0.2, 0.25) is 0 Å². The number of nitrogens with zero attached hydrogens (tertiary/aromatic N) is 1. The lowest BCUT2D eigenvalue weighted by Crippen LogP contribution is -2.27. The molecule has 90 valence electrons. The molecular formula is C13H15NO3. The maximum atomic E-state index is 11.9. The summed E-state index contributed by atoms with van der Waals surface area (Å²) in [4.78, 5) is 24.8. The number of hydrogen-bond donors (Lipinski definition) is 0. The molecule has 0 N–H and O–H groups in total. The average molecular weight is 233 g/mol. The van der Waals surface area contributed by atoms with E-state index >= 15 is 0 Å². The zero-order valence-corrected chi connectivity index (χ0v) is 9.81. The number of carbonyl (C=O) groups excluding carboxylic acids is 2. The molecule has 17 heavy (non-hydrogen) atoms. The van der Waals surface area contributed by atoms with Crippen molar-refractivity contribution in [2.45, 2.75) is 19.9 Å². The third kappa shape index (κ3) is 2.46. The van der Waals surface area contributed by atoms with Crippen LogP contribution in [0, 0.1) is 0 Å². The number of fused-ring (bicyclic) bond motifs is 1. The van der Waals surface area contributed by atoms with Gasteiger partial charge in [0.15, 0.2) is 0 Å². The van der Waals surface area contributed by atoms with Gasteiger partial charge in [-0.05, 0) is 18.6 Å². The van der Waals surface area contributed by atoms with Gasteiger partial charge in [0.25, 0.3) is 5.91 Å². The van der Waals surface area contributed by atoms with Crippen LogP contribution in [0.25, 0.3) is 0 Å². The second-order valence-corrected chi connectivity index (χ2v) is 3.94. The molecule has 1 aromatic rings. The smallest absolute Gasteiger partial charge is 0.307 e. The molecule has 1 aliphatic rings. The first-order valence-corrected chi connectivity index (χ1v) is 5.75. The maximum absolute atomic E-state index is 11.9. The summed E-state index contributed by atoms with van der Waals surface area (Å²) >= 11 is 0. The fourth-order valence-corrected chi connectivity index (χ4v) is 1.95. The zero-order chi connectivity index (χ0) is 12.3. The van der Waals surface area contributed by atoms with E-state index in [-0.39, 0.29) is 18.3 Å². The van der Waals surface area contributed by atoms with Crippen LogP contribution in [0.15, 0.2) is 24.3 Å². The van der Waals surface area contributed by atoms with Crippen molar-refractivity contribution in [3.05, 3.63) is 35.4 Å². The van der Waals surface area contributed by atoms with Gasteiger partial charge in [-0.1, -0.05) is 18.2 Å². The minimum Gasteiger partial charge on any atom is -0.466 e. The number of ether oxygens (including phenoxy) is 1. The number of esters is 1. The molecule has 0 aromatic heterocycles. The Bertz CT molecular complexity index is 442. The average Bonchev–Trinajstić information content (AvgIpc) is 2.65. The molecule has 0 fully saturated rings. The van der Waals surface area contributed by atoms with Crippen LogP contribution in [0.2, 0.25) is 0 Å². The van der Waals surface area contributed by atoms with Crippen molar-refractivity contribution in [3.63, 3.8) is 0 Å². The minimum absolute atomic E-state index is 0.00454. The molecule has 0 spiro atoms. The fourth-order valence-electron chi connectivity index (χ4n) is 1.95. The highest BCUT2D eigenvalue weighted by atomic mass is 16.5. The van der Waals surface area contributed by atoms with E-state index in [4.69, 9.17) is 4.74 Å². The van der Waals surface area contributed by atoms with Crippen LogP contribution in [0.5, 0.6) is 0 Å². The van der Waals surface area contributed by atoms with Crippen LogP contribution < -0.4 is 0 Å². The van der Waals surface area contributed by atoms with E-state index in [1.54, 1.807) is 11.8 Å². The summed E-state index contributed by atoms with van der Waals surface area (Å²) in [7, 11) is 0. The summed E-state index contributed by atoms with van der Waals surface area (Å²) in [5, 5.41) is 0. The van der Waals surface area contributed by atoms with Crippen LogP contribution in [0.4, 0.5) is 0 Å². The molecule has 1 aliphatic heterocycles. The minimum atomic E-state index is -0.253. The number of rotatable bonds is 4.